The Hall–Kier alpha value is -3.08. The summed E-state index contributed by atoms with van der Waals surface area (Å²) in [4.78, 5) is 29.7. The number of hydrogen-bond donors (Lipinski definition) is 1. The Labute approximate surface area is 165 Å². The van der Waals surface area contributed by atoms with Gasteiger partial charge < -0.3 is 14.6 Å². The maximum atomic E-state index is 12.5. The summed E-state index contributed by atoms with van der Waals surface area (Å²) in [6.45, 7) is 4.77. The van der Waals surface area contributed by atoms with Crippen LogP contribution in [-0.2, 0) is 17.8 Å². The third-order valence-electron chi connectivity index (χ3n) is 4.90. The number of hydrogen-bond acceptors (Lipinski definition) is 3. The van der Waals surface area contributed by atoms with Crippen molar-refractivity contribution in [3.8, 4) is 5.75 Å². The van der Waals surface area contributed by atoms with Gasteiger partial charge in [-0.05, 0) is 43.2 Å². The fraction of sp³-hybridized carbons (Fsp3) is 0.304. The number of pyridine rings is 1. The molecular formula is C23H26N2O3. The van der Waals surface area contributed by atoms with Gasteiger partial charge in [0.2, 0.25) is 5.91 Å². The smallest absolute Gasteiger partial charge is 0.253 e. The van der Waals surface area contributed by atoms with Crippen LogP contribution in [0, 0.1) is 6.92 Å². The van der Waals surface area contributed by atoms with E-state index in [0.717, 1.165) is 23.1 Å². The van der Waals surface area contributed by atoms with Crippen molar-refractivity contribution in [2.75, 3.05) is 13.7 Å². The molecule has 146 valence electrons. The Morgan fingerprint density at radius 3 is 2.68 bits per heavy atom. The van der Waals surface area contributed by atoms with Gasteiger partial charge >= 0.3 is 0 Å². The minimum atomic E-state index is -0.165. The van der Waals surface area contributed by atoms with Crippen molar-refractivity contribution >= 4 is 16.8 Å². The quantitative estimate of drug-likeness (QED) is 0.680. The molecule has 3 rings (SSSR count). The Bertz CT molecular complexity index is 1040. The predicted octanol–water partition coefficient (Wildman–Crippen LogP) is 3.83. The SMILES string of the molecule is CCC(=O)N(CCc1cccc(C)c1)Cc1cc2cc(OC)ccc2[nH]c1=O. The van der Waals surface area contributed by atoms with Crippen molar-refractivity contribution in [2.24, 2.45) is 0 Å². The Kier molecular flexibility index (Phi) is 6.14. The number of benzene rings is 2. The highest BCUT2D eigenvalue weighted by atomic mass is 16.5. The highest BCUT2D eigenvalue weighted by molar-refractivity contribution is 5.81. The monoisotopic (exact) mass is 378 g/mol. The second-order valence-electron chi connectivity index (χ2n) is 6.98. The molecule has 0 spiro atoms. The Morgan fingerprint density at radius 1 is 1.14 bits per heavy atom. The van der Waals surface area contributed by atoms with Crippen molar-refractivity contribution in [2.45, 2.75) is 33.2 Å². The number of aryl methyl sites for hydroxylation is 1. The van der Waals surface area contributed by atoms with Crippen LogP contribution in [-0.4, -0.2) is 29.4 Å². The number of carbonyl (C=O) groups is 1. The first-order valence-corrected chi connectivity index (χ1v) is 9.53. The van der Waals surface area contributed by atoms with Crippen LogP contribution in [0.4, 0.5) is 0 Å². The molecule has 28 heavy (non-hydrogen) atoms. The first kappa shape index (κ1) is 19.7. The van der Waals surface area contributed by atoms with Crippen LogP contribution in [0.3, 0.4) is 0 Å². The molecule has 0 radical (unpaired) electrons. The first-order chi connectivity index (χ1) is 13.5. The highest BCUT2D eigenvalue weighted by Gasteiger charge is 2.15. The van der Waals surface area contributed by atoms with Gasteiger partial charge in [0.05, 0.1) is 13.7 Å². The zero-order chi connectivity index (χ0) is 20.1. The van der Waals surface area contributed by atoms with E-state index in [9.17, 15) is 9.59 Å². The number of nitrogens with one attached hydrogen (secondary N) is 1. The average Bonchev–Trinajstić information content (AvgIpc) is 2.70. The fourth-order valence-corrected chi connectivity index (χ4v) is 3.33. The molecule has 0 atom stereocenters. The van der Waals surface area contributed by atoms with E-state index in [1.165, 1.54) is 11.1 Å². The third kappa shape index (κ3) is 4.60. The van der Waals surface area contributed by atoms with Crippen LogP contribution in [0.25, 0.3) is 10.9 Å². The summed E-state index contributed by atoms with van der Waals surface area (Å²) in [5.74, 6) is 0.768. The van der Waals surface area contributed by atoms with Crippen LogP contribution < -0.4 is 10.3 Å². The lowest BCUT2D eigenvalue weighted by molar-refractivity contribution is -0.131. The third-order valence-corrected chi connectivity index (χ3v) is 4.90. The molecule has 2 aromatic carbocycles. The van der Waals surface area contributed by atoms with E-state index in [2.05, 4.69) is 30.1 Å². The number of H-pyrrole nitrogens is 1. The Balaban J connectivity index is 1.84. The minimum absolute atomic E-state index is 0.0396. The number of amides is 1. The summed E-state index contributed by atoms with van der Waals surface area (Å²) in [5, 5.41) is 0.886. The van der Waals surface area contributed by atoms with Crippen LogP contribution >= 0.6 is 0 Å². The summed E-state index contributed by atoms with van der Waals surface area (Å²) in [6, 6.07) is 15.6. The highest BCUT2D eigenvalue weighted by Crippen LogP contribution is 2.19. The van der Waals surface area contributed by atoms with E-state index in [1.807, 2.05) is 37.3 Å². The molecule has 1 heterocycles. The van der Waals surface area contributed by atoms with Gasteiger partial charge in [0.15, 0.2) is 0 Å². The summed E-state index contributed by atoms with van der Waals surface area (Å²) >= 11 is 0. The van der Waals surface area contributed by atoms with Gasteiger partial charge in [-0.2, -0.15) is 0 Å². The zero-order valence-electron chi connectivity index (χ0n) is 16.6. The van der Waals surface area contributed by atoms with E-state index < -0.39 is 0 Å². The molecule has 0 aliphatic rings. The second-order valence-corrected chi connectivity index (χ2v) is 6.98. The van der Waals surface area contributed by atoms with E-state index in [1.54, 1.807) is 12.0 Å². The van der Waals surface area contributed by atoms with Gasteiger partial charge in [0.1, 0.15) is 5.75 Å². The molecule has 1 N–H and O–H groups in total. The van der Waals surface area contributed by atoms with E-state index >= 15 is 0 Å². The van der Waals surface area contributed by atoms with Gasteiger partial charge in [-0.1, -0.05) is 36.8 Å². The molecule has 0 saturated carbocycles. The molecule has 5 heteroatoms. The van der Waals surface area contributed by atoms with E-state index in [4.69, 9.17) is 4.74 Å². The topological polar surface area (TPSA) is 62.4 Å². The van der Waals surface area contributed by atoms with Crippen molar-refractivity contribution in [1.29, 1.82) is 0 Å². The second kappa shape index (κ2) is 8.74. The molecule has 0 bridgehead atoms. The standard InChI is InChI=1S/C23H26N2O3/c1-4-22(26)25(11-10-17-7-5-6-16(2)12-17)15-19-13-18-14-20(28-3)8-9-21(18)24-23(19)27/h5-9,12-14H,4,10-11,15H2,1-3H3,(H,24,27). The predicted molar refractivity (Wildman–Crippen MR) is 112 cm³/mol. The maximum absolute atomic E-state index is 12.5. The summed E-state index contributed by atoms with van der Waals surface area (Å²) in [5.41, 5.74) is 3.55. The van der Waals surface area contributed by atoms with Crippen LogP contribution in [0.1, 0.15) is 30.0 Å². The molecule has 0 aliphatic carbocycles. The average molecular weight is 378 g/mol. The lowest BCUT2D eigenvalue weighted by atomic mass is 10.1. The molecule has 1 aromatic heterocycles. The normalized spacial score (nSPS) is 10.8. The summed E-state index contributed by atoms with van der Waals surface area (Å²) in [6.07, 6.45) is 1.17. The fourth-order valence-electron chi connectivity index (χ4n) is 3.33. The zero-order valence-corrected chi connectivity index (χ0v) is 16.6. The van der Waals surface area contributed by atoms with Crippen LogP contribution in [0.5, 0.6) is 5.75 Å². The lowest BCUT2D eigenvalue weighted by Crippen LogP contribution is -2.34. The molecule has 5 nitrogen and oxygen atoms in total. The first-order valence-electron chi connectivity index (χ1n) is 9.53. The van der Waals surface area contributed by atoms with E-state index in [-0.39, 0.29) is 11.5 Å². The number of aromatic amines is 1. The van der Waals surface area contributed by atoms with Crippen molar-refractivity contribution in [3.63, 3.8) is 0 Å². The number of carbonyl (C=O) groups excluding carboxylic acids is 1. The van der Waals surface area contributed by atoms with Gasteiger partial charge in [-0.3, -0.25) is 9.59 Å². The number of rotatable bonds is 7. The minimum Gasteiger partial charge on any atom is -0.497 e. The summed E-state index contributed by atoms with van der Waals surface area (Å²) < 4.78 is 5.27. The van der Waals surface area contributed by atoms with E-state index in [0.29, 0.717) is 25.1 Å². The maximum Gasteiger partial charge on any atom is 0.253 e. The van der Waals surface area contributed by atoms with Crippen LogP contribution in [0.2, 0.25) is 0 Å². The number of ether oxygens (including phenoxy) is 1. The molecule has 0 aliphatic heterocycles. The molecular weight excluding hydrogens is 352 g/mol. The number of methoxy groups -OCH3 is 1. The van der Waals surface area contributed by atoms with Crippen molar-refractivity contribution < 1.29 is 9.53 Å². The molecule has 0 saturated heterocycles. The molecule has 1 amide bonds. The number of aromatic nitrogens is 1. The van der Waals surface area contributed by atoms with Gasteiger partial charge in [0.25, 0.3) is 5.56 Å². The molecule has 3 aromatic rings. The van der Waals surface area contributed by atoms with Crippen molar-refractivity contribution in [1.82, 2.24) is 9.88 Å². The molecule has 0 unspecified atom stereocenters. The largest absolute Gasteiger partial charge is 0.497 e. The van der Waals surface area contributed by atoms with Gasteiger partial charge in [-0.25, -0.2) is 0 Å². The van der Waals surface area contributed by atoms with Gasteiger partial charge in [0, 0.05) is 29.4 Å². The number of nitrogens with zero attached hydrogens (tertiary/aromatic N) is 1. The summed E-state index contributed by atoms with van der Waals surface area (Å²) in [7, 11) is 1.61. The van der Waals surface area contributed by atoms with Gasteiger partial charge in [-0.15, -0.1) is 0 Å². The van der Waals surface area contributed by atoms with Crippen LogP contribution in [0.15, 0.2) is 53.3 Å². The molecule has 0 fully saturated rings. The number of fused-ring (bicyclic) bond motifs is 1. The lowest BCUT2D eigenvalue weighted by Gasteiger charge is -2.22. The van der Waals surface area contributed by atoms with Crippen molar-refractivity contribution in [3.05, 3.63) is 75.6 Å². The Morgan fingerprint density at radius 2 is 1.96 bits per heavy atom.